The van der Waals surface area contributed by atoms with E-state index < -0.39 is 16.6 Å². The van der Waals surface area contributed by atoms with Crippen molar-refractivity contribution in [1.29, 1.82) is 0 Å². The van der Waals surface area contributed by atoms with E-state index in [1.807, 2.05) is 0 Å². The Bertz CT molecular complexity index is 487. The number of nitro benzene ring substituents is 1. The summed E-state index contributed by atoms with van der Waals surface area (Å²) in [6, 6.07) is 3.99. The first-order valence-electron chi connectivity index (χ1n) is 4.51. The molecule has 0 unspecified atom stereocenters. The maximum atomic E-state index is 10.8. The van der Waals surface area contributed by atoms with Crippen LogP contribution >= 0.6 is 11.6 Å². The fourth-order valence-electron chi connectivity index (χ4n) is 1.25. The quantitative estimate of drug-likeness (QED) is 0.623. The molecule has 1 aromatic rings. The summed E-state index contributed by atoms with van der Waals surface area (Å²) in [6.45, 7) is 3.54. The Morgan fingerprint density at radius 1 is 1.59 bits per heavy atom. The summed E-state index contributed by atoms with van der Waals surface area (Å²) < 4.78 is 0. The Balaban J connectivity index is 3.20. The van der Waals surface area contributed by atoms with E-state index in [0.717, 1.165) is 0 Å². The molecule has 1 rings (SSSR count). The molecule has 90 valence electrons. The van der Waals surface area contributed by atoms with E-state index >= 15 is 0 Å². The Morgan fingerprint density at radius 2 is 2.24 bits per heavy atom. The molecule has 0 aliphatic rings. The first-order chi connectivity index (χ1) is 7.93. The van der Waals surface area contributed by atoms with Gasteiger partial charge in [0.1, 0.15) is 11.3 Å². The van der Waals surface area contributed by atoms with E-state index in [1.54, 1.807) is 0 Å². The number of hydrogen-bond donors (Lipinski definition) is 2. The molecule has 0 radical (unpaired) electrons. The van der Waals surface area contributed by atoms with Gasteiger partial charge in [0.2, 0.25) is 0 Å². The topological polar surface area (TPSA) is 92.5 Å². The maximum absolute atomic E-state index is 10.8. The van der Waals surface area contributed by atoms with Gasteiger partial charge in [0.25, 0.3) is 0 Å². The zero-order chi connectivity index (χ0) is 13.0. The molecule has 6 nitrogen and oxygen atoms in total. The summed E-state index contributed by atoms with van der Waals surface area (Å²) in [7, 11) is 0. The highest BCUT2D eigenvalue weighted by Crippen LogP contribution is 2.28. The van der Waals surface area contributed by atoms with Gasteiger partial charge in [-0.15, -0.1) is 0 Å². The van der Waals surface area contributed by atoms with Gasteiger partial charge in [-0.05, 0) is 12.1 Å². The van der Waals surface area contributed by atoms with Crippen LogP contribution in [-0.2, 0) is 0 Å². The number of anilines is 1. The third-order valence-corrected chi connectivity index (χ3v) is 2.05. The van der Waals surface area contributed by atoms with Crippen molar-refractivity contribution in [2.75, 3.05) is 11.9 Å². The van der Waals surface area contributed by atoms with Crippen molar-refractivity contribution in [2.24, 2.45) is 0 Å². The second-order valence-corrected chi connectivity index (χ2v) is 3.67. The van der Waals surface area contributed by atoms with Crippen LogP contribution in [0, 0.1) is 10.1 Å². The van der Waals surface area contributed by atoms with Crippen LogP contribution in [0.5, 0.6) is 0 Å². The van der Waals surface area contributed by atoms with Crippen LogP contribution in [0.1, 0.15) is 10.4 Å². The molecule has 0 aliphatic heterocycles. The van der Waals surface area contributed by atoms with Crippen LogP contribution in [0.25, 0.3) is 0 Å². The fourth-order valence-corrected chi connectivity index (χ4v) is 1.31. The molecule has 0 amide bonds. The van der Waals surface area contributed by atoms with Gasteiger partial charge in [-0.1, -0.05) is 24.2 Å². The second-order valence-electron chi connectivity index (χ2n) is 3.13. The smallest absolute Gasteiger partial charge is 0.342 e. The highest BCUT2D eigenvalue weighted by atomic mass is 35.5. The van der Waals surface area contributed by atoms with Crippen LogP contribution in [0.15, 0.2) is 29.8 Å². The third kappa shape index (κ3) is 3.18. The molecule has 0 atom stereocenters. The number of aromatic carboxylic acids is 1. The summed E-state index contributed by atoms with van der Waals surface area (Å²) in [6.07, 6.45) is 0. The number of carboxylic acids is 1. The van der Waals surface area contributed by atoms with E-state index in [0.29, 0.717) is 0 Å². The molecule has 17 heavy (non-hydrogen) atoms. The van der Waals surface area contributed by atoms with Gasteiger partial charge in [0.05, 0.1) is 11.5 Å². The number of halogens is 1. The number of benzene rings is 1. The molecule has 0 aliphatic carbocycles. The lowest BCUT2D eigenvalue weighted by atomic mass is 10.1. The Hall–Kier alpha value is -2.08. The van der Waals surface area contributed by atoms with Crippen LogP contribution in [0.4, 0.5) is 11.4 Å². The summed E-state index contributed by atoms with van der Waals surface area (Å²) in [5, 5.41) is 22.6. The normalized spacial score (nSPS) is 9.71. The zero-order valence-corrected chi connectivity index (χ0v) is 9.40. The van der Waals surface area contributed by atoms with Crippen LogP contribution in [0.3, 0.4) is 0 Å². The van der Waals surface area contributed by atoms with Crippen LogP contribution < -0.4 is 5.32 Å². The molecule has 0 spiro atoms. The first-order valence-corrected chi connectivity index (χ1v) is 4.89. The number of carboxylic acid groups (broad SMARTS) is 1. The molecule has 1 aromatic carbocycles. The van der Waals surface area contributed by atoms with Crippen molar-refractivity contribution in [1.82, 2.24) is 0 Å². The predicted molar refractivity (Wildman–Crippen MR) is 63.5 cm³/mol. The molecule has 0 saturated carbocycles. The first kappa shape index (κ1) is 13.0. The van der Waals surface area contributed by atoms with E-state index in [4.69, 9.17) is 16.7 Å². The summed E-state index contributed by atoms with van der Waals surface area (Å²) in [5.41, 5.74) is -0.769. The molecule has 0 bridgehead atoms. The van der Waals surface area contributed by atoms with Crippen molar-refractivity contribution < 1.29 is 14.8 Å². The largest absolute Gasteiger partial charge is 0.477 e. The minimum atomic E-state index is -1.36. The van der Waals surface area contributed by atoms with E-state index in [2.05, 4.69) is 11.9 Å². The third-order valence-electron chi connectivity index (χ3n) is 1.92. The monoisotopic (exact) mass is 256 g/mol. The highest BCUT2D eigenvalue weighted by Gasteiger charge is 2.23. The zero-order valence-electron chi connectivity index (χ0n) is 8.64. The summed E-state index contributed by atoms with van der Waals surface area (Å²) >= 11 is 5.52. The molecular formula is C10H9ClN2O4. The second kappa shape index (κ2) is 5.31. The lowest BCUT2D eigenvalue weighted by Gasteiger charge is -2.07. The Labute approximate surface area is 102 Å². The average Bonchev–Trinajstić information content (AvgIpc) is 2.25. The molecule has 0 saturated heterocycles. The number of carbonyl (C=O) groups is 1. The highest BCUT2D eigenvalue weighted by molar-refractivity contribution is 6.29. The average molecular weight is 257 g/mol. The molecular weight excluding hydrogens is 248 g/mol. The molecule has 0 aromatic heterocycles. The van der Waals surface area contributed by atoms with Gasteiger partial charge in [-0.3, -0.25) is 10.1 Å². The maximum Gasteiger partial charge on any atom is 0.342 e. The number of nitro groups is 1. The van der Waals surface area contributed by atoms with Crippen molar-refractivity contribution in [3.63, 3.8) is 0 Å². The standard InChI is InChI=1S/C10H9ClN2O4/c1-6(11)5-12-8-4-2-3-7(10(14)15)9(8)13(16)17/h2-4,12H,1,5H2,(H,14,15). The minimum absolute atomic E-state index is 0.0942. The van der Waals surface area contributed by atoms with E-state index in [-0.39, 0.29) is 22.8 Å². The number of nitrogens with zero attached hydrogens (tertiary/aromatic N) is 1. The minimum Gasteiger partial charge on any atom is -0.477 e. The summed E-state index contributed by atoms with van der Waals surface area (Å²) in [4.78, 5) is 20.9. The molecule has 2 N–H and O–H groups in total. The van der Waals surface area contributed by atoms with Crippen molar-refractivity contribution in [3.8, 4) is 0 Å². The van der Waals surface area contributed by atoms with E-state index in [1.165, 1.54) is 18.2 Å². The van der Waals surface area contributed by atoms with Gasteiger partial charge in [-0.2, -0.15) is 0 Å². The lowest BCUT2D eigenvalue weighted by Crippen LogP contribution is -2.08. The SMILES string of the molecule is C=C(Cl)CNc1cccc(C(=O)O)c1[N+](=O)[O-]. The van der Waals surface area contributed by atoms with Crippen LogP contribution in [-0.4, -0.2) is 22.5 Å². The van der Waals surface area contributed by atoms with Gasteiger partial charge < -0.3 is 10.4 Å². The summed E-state index contributed by atoms with van der Waals surface area (Å²) in [5.74, 6) is -1.36. The number of hydrogen-bond acceptors (Lipinski definition) is 4. The Kier molecular flexibility index (Phi) is 4.06. The lowest BCUT2D eigenvalue weighted by molar-refractivity contribution is -0.384. The number of rotatable bonds is 5. The molecule has 7 heteroatoms. The van der Waals surface area contributed by atoms with Gasteiger partial charge in [0.15, 0.2) is 0 Å². The van der Waals surface area contributed by atoms with Crippen molar-refractivity contribution >= 4 is 28.9 Å². The van der Waals surface area contributed by atoms with Gasteiger partial charge >= 0.3 is 11.7 Å². The number of para-hydroxylation sites is 1. The molecule has 0 heterocycles. The van der Waals surface area contributed by atoms with Gasteiger partial charge in [-0.25, -0.2) is 4.79 Å². The Morgan fingerprint density at radius 3 is 2.71 bits per heavy atom. The van der Waals surface area contributed by atoms with E-state index in [9.17, 15) is 14.9 Å². The fraction of sp³-hybridized carbons (Fsp3) is 0.100. The van der Waals surface area contributed by atoms with Crippen molar-refractivity contribution in [2.45, 2.75) is 0 Å². The predicted octanol–water partition coefficient (Wildman–Crippen LogP) is 2.46. The van der Waals surface area contributed by atoms with Crippen LogP contribution in [0.2, 0.25) is 0 Å². The van der Waals surface area contributed by atoms with Crippen molar-refractivity contribution in [3.05, 3.63) is 45.5 Å². The van der Waals surface area contributed by atoms with Gasteiger partial charge in [0, 0.05) is 5.03 Å². The number of nitrogens with one attached hydrogen (secondary N) is 1. The molecule has 0 fully saturated rings.